The number of benzene rings is 1. The van der Waals surface area contributed by atoms with E-state index in [0.717, 1.165) is 29.9 Å². The van der Waals surface area contributed by atoms with Crippen LogP contribution in [0.3, 0.4) is 0 Å². The number of hydrogen-bond acceptors (Lipinski definition) is 5. The van der Waals surface area contributed by atoms with Gasteiger partial charge in [-0.25, -0.2) is 4.79 Å². The van der Waals surface area contributed by atoms with Crippen molar-refractivity contribution in [2.45, 2.75) is 37.3 Å². The third-order valence-corrected chi connectivity index (χ3v) is 6.15. The normalized spacial score (nSPS) is 25.7. The Hall–Kier alpha value is -1.70. The Morgan fingerprint density at radius 2 is 2.24 bits per heavy atom. The van der Waals surface area contributed by atoms with Crippen LogP contribution in [0.25, 0.3) is 10.9 Å². The Balaban J connectivity index is 1.79. The summed E-state index contributed by atoms with van der Waals surface area (Å²) in [6, 6.07) is 8.18. The van der Waals surface area contributed by atoms with E-state index in [4.69, 9.17) is 9.57 Å². The Bertz CT molecular complexity index is 804. The van der Waals surface area contributed by atoms with Crippen molar-refractivity contribution in [1.82, 2.24) is 15.4 Å². The van der Waals surface area contributed by atoms with E-state index in [1.165, 1.54) is 18.1 Å². The molecule has 6 nitrogen and oxygen atoms in total. The number of para-hydroxylation sites is 1. The first-order valence-electron chi connectivity index (χ1n) is 8.52. The van der Waals surface area contributed by atoms with Gasteiger partial charge in [-0.2, -0.15) is 5.06 Å². The highest BCUT2D eigenvalue weighted by Gasteiger charge is 2.43. The maximum Gasteiger partial charge on any atom is 0.407 e. The number of nitrogens with zero attached hydrogens (tertiary/aromatic N) is 1. The second kappa shape index (κ2) is 6.23. The molecule has 2 aromatic rings. The Morgan fingerprint density at radius 1 is 1.44 bits per heavy atom. The summed E-state index contributed by atoms with van der Waals surface area (Å²) in [5, 5.41) is 6.29. The highest BCUT2D eigenvalue weighted by atomic mass is 32.2. The van der Waals surface area contributed by atoms with E-state index in [1.807, 2.05) is 11.1 Å². The molecule has 2 aliphatic heterocycles. The molecule has 0 spiro atoms. The van der Waals surface area contributed by atoms with E-state index in [1.54, 1.807) is 11.8 Å². The molecule has 1 aromatic heterocycles. The van der Waals surface area contributed by atoms with Crippen molar-refractivity contribution in [3.05, 3.63) is 35.5 Å². The molecule has 1 aromatic carbocycles. The van der Waals surface area contributed by atoms with Crippen molar-refractivity contribution in [2.75, 3.05) is 19.4 Å². The fourth-order valence-corrected chi connectivity index (χ4v) is 4.77. The second-order valence-corrected chi connectivity index (χ2v) is 8.55. The van der Waals surface area contributed by atoms with E-state index in [0.29, 0.717) is 0 Å². The van der Waals surface area contributed by atoms with Gasteiger partial charge < -0.3 is 15.0 Å². The number of rotatable bonds is 1. The minimum Gasteiger partial charge on any atom is -0.453 e. The van der Waals surface area contributed by atoms with E-state index < -0.39 is 6.09 Å². The lowest BCUT2D eigenvalue weighted by Gasteiger charge is -2.38. The number of carbonyl (C=O) groups excluding carboxylic acids is 1. The minimum absolute atomic E-state index is 0.0653. The first-order chi connectivity index (χ1) is 12.0. The number of fused-ring (bicyclic) bond motifs is 5. The molecule has 7 heteroatoms. The number of carbonyl (C=O) groups is 1. The molecule has 0 bridgehead atoms. The van der Waals surface area contributed by atoms with Crippen LogP contribution in [-0.2, 0) is 16.0 Å². The third-order valence-electron chi connectivity index (χ3n) is 4.85. The summed E-state index contributed by atoms with van der Waals surface area (Å²) < 4.78 is 4.84. The molecule has 2 aliphatic rings. The molecule has 1 amide bonds. The molecule has 0 aliphatic carbocycles. The minimum atomic E-state index is -0.409. The first-order valence-corrected chi connectivity index (χ1v) is 9.51. The Labute approximate surface area is 151 Å². The monoisotopic (exact) mass is 361 g/mol. The zero-order valence-electron chi connectivity index (χ0n) is 14.7. The number of amides is 1. The molecular weight excluding hydrogens is 338 g/mol. The molecule has 25 heavy (non-hydrogen) atoms. The van der Waals surface area contributed by atoms with Crippen LogP contribution in [0, 0.1) is 0 Å². The van der Waals surface area contributed by atoms with Crippen LogP contribution >= 0.6 is 11.8 Å². The standard InChI is InChI=1S/C18H23N3O3S/c1-18(2)24-21-9-8-12-11-6-4-5-7-13(11)19-15(12)16(21)14(10-25-18)20-17(22)23-3/h4-7,14,16,19H,8-10H2,1-3H3,(H,20,22)/t14-,16+/m0/s1. The van der Waals surface area contributed by atoms with E-state index in [-0.39, 0.29) is 17.0 Å². The maximum atomic E-state index is 11.9. The number of hydroxylamine groups is 2. The summed E-state index contributed by atoms with van der Waals surface area (Å²) in [6.45, 7) is 4.93. The Morgan fingerprint density at radius 3 is 3.04 bits per heavy atom. The van der Waals surface area contributed by atoms with E-state index in [2.05, 4.69) is 42.3 Å². The SMILES string of the molecule is COC(=O)N[C@H]1CSC(C)(C)ON2CCc3c([nH]c4ccccc34)[C@@H]12. The van der Waals surface area contributed by atoms with Gasteiger partial charge in [0.1, 0.15) is 4.93 Å². The zero-order chi connectivity index (χ0) is 17.6. The predicted molar refractivity (Wildman–Crippen MR) is 98.4 cm³/mol. The summed E-state index contributed by atoms with van der Waals surface area (Å²) in [5.41, 5.74) is 3.58. The van der Waals surface area contributed by atoms with Crippen LogP contribution in [0.5, 0.6) is 0 Å². The van der Waals surface area contributed by atoms with Crippen LogP contribution < -0.4 is 5.32 Å². The molecule has 1 saturated heterocycles. The number of aromatic nitrogens is 1. The largest absolute Gasteiger partial charge is 0.453 e. The van der Waals surface area contributed by atoms with Crippen molar-refractivity contribution in [3.63, 3.8) is 0 Å². The molecular formula is C18H23N3O3S. The van der Waals surface area contributed by atoms with Crippen molar-refractivity contribution >= 4 is 28.8 Å². The topological polar surface area (TPSA) is 66.6 Å². The Kier molecular flexibility index (Phi) is 4.17. The van der Waals surface area contributed by atoms with Crippen molar-refractivity contribution in [3.8, 4) is 0 Å². The van der Waals surface area contributed by atoms with Crippen molar-refractivity contribution < 1.29 is 14.4 Å². The number of thioether (sulfide) groups is 1. The first kappa shape index (κ1) is 16.8. The van der Waals surface area contributed by atoms with Crippen LogP contribution in [0.2, 0.25) is 0 Å². The molecule has 3 heterocycles. The zero-order valence-corrected chi connectivity index (χ0v) is 15.5. The van der Waals surface area contributed by atoms with Crippen LogP contribution in [-0.4, -0.2) is 46.5 Å². The number of aromatic amines is 1. The molecule has 4 rings (SSSR count). The van der Waals surface area contributed by atoms with Crippen molar-refractivity contribution in [2.24, 2.45) is 0 Å². The smallest absolute Gasteiger partial charge is 0.407 e. The van der Waals surface area contributed by atoms with Gasteiger partial charge in [-0.1, -0.05) is 18.2 Å². The molecule has 134 valence electrons. The highest BCUT2D eigenvalue weighted by Crippen LogP contribution is 2.43. The summed E-state index contributed by atoms with van der Waals surface area (Å²) >= 11 is 1.70. The lowest BCUT2D eigenvalue weighted by Crippen LogP contribution is -2.49. The maximum absolute atomic E-state index is 11.9. The van der Waals surface area contributed by atoms with Crippen LogP contribution in [0.15, 0.2) is 24.3 Å². The van der Waals surface area contributed by atoms with Gasteiger partial charge in [0.15, 0.2) is 0 Å². The van der Waals surface area contributed by atoms with Crippen LogP contribution in [0.1, 0.15) is 31.1 Å². The van der Waals surface area contributed by atoms with Gasteiger partial charge in [0.25, 0.3) is 0 Å². The van der Waals surface area contributed by atoms with Gasteiger partial charge in [-0.3, -0.25) is 4.84 Å². The lowest BCUT2D eigenvalue weighted by atomic mass is 9.95. The number of alkyl carbamates (subject to hydrolysis) is 1. The predicted octanol–water partition coefficient (Wildman–Crippen LogP) is 3.21. The van der Waals surface area contributed by atoms with Gasteiger partial charge in [0.2, 0.25) is 0 Å². The third kappa shape index (κ3) is 3.01. The number of nitrogens with one attached hydrogen (secondary N) is 2. The van der Waals surface area contributed by atoms with E-state index >= 15 is 0 Å². The fraction of sp³-hybridized carbons (Fsp3) is 0.500. The number of H-pyrrole nitrogens is 1. The second-order valence-electron chi connectivity index (χ2n) is 6.94. The van der Waals surface area contributed by atoms with Crippen molar-refractivity contribution in [1.29, 1.82) is 0 Å². The summed E-state index contributed by atoms with van der Waals surface area (Å²) in [4.78, 5) is 21.4. The lowest BCUT2D eigenvalue weighted by molar-refractivity contribution is -0.230. The van der Waals surface area contributed by atoms with Crippen LogP contribution in [0.4, 0.5) is 4.79 Å². The highest BCUT2D eigenvalue weighted by molar-refractivity contribution is 8.00. The van der Waals surface area contributed by atoms with Gasteiger partial charge in [-0.15, -0.1) is 11.8 Å². The molecule has 1 fully saturated rings. The van der Waals surface area contributed by atoms with Gasteiger partial charge in [-0.05, 0) is 31.9 Å². The number of methoxy groups -OCH3 is 1. The molecule has 2 N–H and O–H groups in total. The number of hydrogen-bond donors (Lipinski definition) is 2. The fourth-order valence-electron chi connectivity index (χ4n) is 3.77. The summed E-state index contributed by atoms with van der Waals surface area (Å²) in [7, 11) is 1.40. The average molecular weight is 361 g/mol. The molecule has 0 unspecified atom stereocenters. The quantitative estimate of drug-likeness (QED) is 0.816. The number of ether oxygens (including phenoxy) is 1. The summed E-state index contributed by atoms with van der Waals surface area (Å²) in [6.07, 6.45) is 0.509. The summed E-state index contributed by atoms with van der Waals surface area (Å²) in [5.74, 6) is 0.748. The van der Waals surface area contributed by atoms with Gasteiger partial charge in [0, 0.05) is 28.9 Å². The average Bonchev–Trinajstić information content (AvgIpc) is 2.90. The molecule has 2 atom stereocenters. The van der Waals surface area contributed by atoms with E-state index in [9.17, 15) is 4.79 Å². The van der Waals surface area contributed by atoms with Gasteiger partial charge in [0.05, 0.1) is 19.2 Å². The molecule has 0 radical (unpaired) electrons. The van der Waals surface area contributed by atoms with Gasteiger partial charge >= 0.3 is 6.09 Å². The molecule has 0 saturated carbocycles.